The van der Waals surface area contributed by atoms with Crippen LogP contribution < -0.4 is 10.9 Å². The lowest BCUT2D eigenvalue weighted by Gasteiger charge is -2.41. The maximum absolute atomic E-state index is 15.4. The molecule has 1 aliphatic carbocycles. The van der Waals surface area contributed by atoms with Crippen LogP contribution in [0.3, 0.4) is 0 Å². The maximum atomic E-state index is 15.4. The van der Waals surface area contributed by atoms with Crippen LogP contribution in [-0.4, -0.2) is 52.3 Å². The number of rotatable bonds is 1. The number of ether oxygens (including phenoxy) is 1. The first kappa shape index (κ1) is 27.7. The molecule has 3 aromatic rings. The van der Waals surface area contributed by atoms with Crippen LogP contribution in [0.4, 0.5) is 14.6 Å². The van der Waals surface area contributed by atoms with E-state index in [1.807, 2.05) is 13.0 Å². The number of alkyl halides is 2. The zero-order valence-corrected chi connectivity index (χ0v) is 23.4. The van der Waals surface area contributed by atoms with Crippen LogP contribution in [0.1, 0.15) is 68.2 Å². The summed E-state index contributed by atoms with van der Waals surface area (Å²) in [7, 11) is 0. The second kappa shape index (κ2) is 11.1. The fourth-order valence-electron chi connectivity index (χ4n) is 6.17. The van der Waals surface area contributed by atoms with Crippen molar-refractivity contribution in [1.29, 1.82) is 5.26 Å². The zero-order chi connectivity index (χ0) is 28.6. The number of hydrogen-bond donors (Lipinski definition) is 1. The van der Waals surface area contributed by atoms with Crippen molar-refractivity contribution in [3.8, 4) is 6.07 Å². The van der Waals surface area contributed by atoms with Gasteiger partial charge in [-0.3, -0.25) is 9.36 Å². The highest BCUT2D eigenvalue weighted by molar-refractivity contribution is 5.87. The largest absolute Gasteiger partial charge is 0.381 e. The van der Waals surface area contributed by atoms with Gasteiger partial charge in [0.05, 0.1) is 16.9 Å². The van der Waals surface area contributed by atoms with Gasteiger partial charge in [0.15, 0.2) is 0 Å². The number of aryl methyl sites for hydroxylation is 1. The van der Waals surface area contributed by atoms with Crippen molar-refractivity contribution < 1.29 is 13.5 Å². The van der Waals surface area contributed by atoms with Crippen LogP contribution in [-0.2, 0) is 22.6 Å². The monoisotopic (exact) mass is 562 g/mol. The fraction of sp³-hybridized carbons (Fsp3) is 0.548. The summed E-state index contributed by atoms with van der Waals surface area (Å²) in [6.07, 6.45) is 5.02. The average Bonchev–Trinajstić information content (AvgIpc) is 3.74. The smallest absolute Gasteiger partial charge is 0.273 e. The molecule has 0 spiro atoms. The van der Waals surface area contributed by atoms with Crippen LogP contribution >= 0.6 is 0 Å². The molecule has 4 aliphatic rings. The molecule has 216 valence electrons. The molecule has 0 unspecified atom stereocenters. The van der Waals surface area contributed by atoms with Crippen LogP contribution in [0, 0.1) is 17.2 Å². The standard InChI is InChI=1S/C31H36F2N6O2/c1-21-23-6-4-7-24(14-23)31(32,33)16-22-17-38(18-22)10-2-3-12-41-13-5-11-39-28-25(27(37-21)35-20-36-28)15-26(29(39)40)30(19-34)8-9-30/h4,6-7,14-15,20-22H,2-3,5,8-13,16-18H2,1H3,(H,35,36,37)/t21-/m1/s1. The van der Waals surface area contributed by atoms with Gasteiger partial charge in [0, 0.05) is 56.4 Å². The lowest BCUT2D eigenvalue weighted by atomic mass is 9.89. The van der Waals surface area contributed by atoms with Crippen molar-refractivity contribution in [2.45, 2.75) is 69.4 Å². The van der Waals surface area contributed by atoms with Gasteiger partial charge in [0.1, 0.15) is 17.8 Å². The van der Waals surface area contributed by atoms with Gasteiger partial charge in [-0.05, 0) is 69.2 Å². The summed E-state index contributed by atoms with van der Waals surface area (Å²) in [5.74, 6) is -2.43. The number of halogens is 2. The number of fused-ring (bicyclic) bond motifs is 9. The Hall–Kier alpha value is -3.42. The van der Waals surface area contributed by atoms with Crippen molar-refractivity contribution in [2.75, 3.05) is 38.2 Å². The zero-order valence-electron chi connectivity index (χ0n) is 23.4. The molecular formula is C31H36F2N6O2. The van der Waals surface area contributed by atoms with Crippen LogP contribution in [0.15, 0.2) is 41.5 Å². The molecule has 5 heterocycles. The number of aromatic nitrogens is 3. The minimum Gasteiger partial charge on any atom is -0.381 e. The van der Waals surface area contributed by atoms with Crippen molar-refractivity contribution >= 4 is 16.9 Å². The number of nitrogens with one attached hydrogen (secondary N) is 1. The molecular weight excluding hydrogens is 526 g/mol. The minimum absolute atomic E-state index is 0.0133. The van der Waals surface area contributed by atoms with E-state index in [2.05, 4.69) is 26.3 Å². The molecule has 0 radical (unpaired) electrons. The summed E-state index contributed by atoms with van der Waals surface area (Å²) >= 11 is 0. The first-order chi connectivity index (χ1) is 19.8. The summed E-state index contributed by atoms with van der Waals surface area (Å²) < 4.78 is 38.2. The van der Waals surface area contributed by atoms with Gasteiger partial charge in [-0.1, -0.05) is 18.2 Å². The maximum Gasteiger partial charge on any atom is 0.273 e. The number of nitriles is 1. The molecule has 2 aromatic heterocycles. The molecule has 1 saturated heterocycles. The molecule has 1 atom stereocenters. The SMILES string of the molecule is C[C@H]1Nc2ncnc3c2cc(C2(C#N)CC2)c(=O)n3CCCOCCCCN2CC(C2)CC(F)(F)c2cccc1c2. The Kier molecular flexibility index (Phi) is 7.51. The third-order valence-electron chi connectivity index (χ3n) is 8.79. The Balaban J connectivity index is 1.37. The van der Waals surface area contributed by atoms with E-state index in [0.717, 1.165) is 19.4 Å². The highest BCUT2D eigenvalue weighted by Gasteiger charge is 2.47. The molecule has 1 saturated carbocycles. The normalized spacial score (nSPS) is 26.0. The lowest BCUT2D eigenvalue weighted by Crippen LogP contribution is -2.48. The van der Waals surface area contributed by atoms with Gasteiger partial charge >= 0.3 is 0 Å². The fourth-order valence-corrected chi connectivity index (χ4v) is 6.17. The Labute approximate surface area is 238 Å². The Morgan fingerprint density at radius 1 is 1.10 bits per heavy atom. The summed E-state index contributed by atoms with van der Waals surface area (Å²) in [4.78, 5) is 24.8. The van der Waals surface area contributed by atoms with Gasteiger partial charge in [-0.15, -0.1) is 0 Å². The molecule has 1 aromatic carbocycles. The molecule has 1 N–H and O–H groups in total. The van der Waals surface area contributed by atoms with E-state index < -0.39 is 11.3 Å². The van der Waals surface area contributed by atoms with Crippen LogP contribution in [0.2, 0.25) is 0 Å². The van der Waals surface area contributed by atoms with Crippen LogP contribution in [0.25, 0.3) is 11.0 Å². The first-order valence-corrected chi connectivity index (χ1v) is 14.6. The molecule has 8 nitrogen and oxygen atoms in total. The van der Waals surface area contributed by atoms with E-state index in [9.17, 15) is 10.1 Å². The predicted molar refractivity (Wildman–Crippen MR) is 152 cm³/mol. The van der Waals surface area contributed by atoms with Crippen molar-refractivity contribution in [3.63, 3.8) is 0 Å². The van der Waals surface area contributed by atoms with E-state index in [0.29, 0.717) is 80.1 Å². The number of hydrogen-bond acceptors (Lipinski definition) is 7. The van der Waals surface area contributed by atoms with Crippen LogP contribution in [0.5, 0.6) is 0 Å². The van der Waals surface area contributed by atoms with Crippen molar-refractivity contribution in [2.24, 2.45) is 5.92 Å². The predicted octanol–water partition coefficient (Wildman–Crippen LogP) is 5.13. The number of anilines is 1. The van der Waals surface area contributed by atoms with E-state index >= 15 is 8.78 Å². The van der Waals surface area contributed by atoms with Gasteiger partial charge < -0.3 is 15.0 Å². The third-order valence-corrected chi connectivity index (χ3v) is 8.79. The molecule has 2 fully saturated rings. The molecule has 7 rings (SSSR count). The Morgan fingerprint density at radius 3 is 2.68 bits per heavy atom. The summed E-state index contributed by atoms with van der Waals surface area (Å²) in [5, 5.41) is 13.9. The van der Waals surface area contributed by atoms with E-state index in [-0.39, 0.29) is 29.5 Å². The summed E-state index contributed by atoms with van der Waals surface area (Å²) in [6.45, 7) is 5.74. The number of benzene rings is 1. The van der Waals surface area contributed by atoms with Gasteiger partial charge in [0.25, 0.3) is 11.5 Å². The van der Waals surface area contributed by atoms with Crippen molar-refractivity contribution in [3.05, 3.63) is 63.7 Å². The van der Waals surface area contributed by atoms with E-state index in [1.54, 1.807) is 22.8 Å². The van der Waals surface area contributed by atoms with Gasteiger partial charge in [-0.2, -0.15) is 5.26 Å². The average molecular weight is 563 g/mol. The third kappa shape index (κ3) is 5.57. The van der Waals surface area contributed by atoms with Gasteiger partial charge in [-0.25, -0.2) is 18.7 Å². The molecule has 0 amide bonds. The number of pyridine rings is 1. The van der Waals surface area contributed by atoms with Gasteiger partial charge in [0.2, 0.25) is 0 Å². The summed E-state index contributed by atoms with van der Waals surface area (Å²) in [6, 6.07) is 10.4. The lowest BCUT2D eigenvalue weighted by molar-refractivity contribution is -0.0570. The Bertz CT molecular complexity index is 1520. The molecule has 3 aliphatic heterocycles. The highest BCUT2D eigenvalue weighted by Crippen LogP contribution is 2.47. The highest BCUT2D eigenvalue weighted by atomic mass is 19.3. The molecule has 41 heavy (non-hydrogen) atoms. The molecule has 8 bridgehead atoms. The van der Waals surface area contributed by atoms with E-state index in [1.165, 1.54) is 12.4 Å². The molecule has 10 heteroatoms. The minimum atomic E-state index is -2.92. The summed E-state index contributed by atoms with van der Waals surface area (Å²) in [5.41, 5.74) is 0.689. The second-order valence-corrected chi connectivity index (χ2v) is 11.9. The first-order valence-electron chi connectivity index (χ1n) is 14.6. The topological polar surface area (TPSA) is 96.1 Å². The number of nitrogens with zero attached hydrogens (tertiary/aromatic N) is 5. The van der Waals surface area contributed by atoms with Crippen molar-refractivity contribution in [1.82, 2.24) is 19.4 Å². The Morgan fingerprint density at radius 2 is 1.90 bits per heavy atom. The second-order valence-electron chi connectivity index (χ2n) is 11.9. The quantitative estimate of drug-likeness (QED) is 0.439. The van der Waals surface area contributed by atoms with E-state index in [4.69, 9.17) is 4.74 Å².